The predicted molar refractivity (Wildman–Crippen MR) is 83.7 cm³/mol. The fraction of sp³-hybridized carbons (Fsp3) is 0.647. The van der Waals surface area contributed by atoms with E-state index in [2.05, 4.69) is 26.1 Å². The van der Waals surface area contributed by atoms with Crippen molar-refractivity contribution in [3.05, 3.63) is 34.6 Å². The van der Waals surface area contributed by atoms with E-state index < -0.39 is 0 Å². The third-order valence-corrected chi connectivity index (χ3v) is 4.64. The Kier molecular flexibility index (Phi) is 5.09. The van der Waals surface area contributed by atoms with E-state index in [1.54, 1.807) is 12.1 Å². The Morgan fingerprint density at radius 3 is 2.65 bits per heavy atom. The summed E-state index contributed by atoms with van der Waals surface area (Å²) in [6, 6.07) is 4.97. The van der Waals surface area contributed by atoms with Gasteiger partial charge in [-0.15, -0.1) is 0 Å². The third-order valence-electron chi connectivity index (χ3n) is 4.29. The van der Waals surface area contributed by atoms with Gasteiger partial charge in [0.2, 0.25) is 0 Å². The zero-order valence-corrected chi connectivity index (χ0v) is 13.4. The maximum Gasteiger partial charge on any atom is 0.127 e. The molecule has 1 saturated carbocycles. The molecule has 1 aromatic carbocycles. The predicted octanol–water partition coefficient (Wildman–Crippen LogP) is 4.68. The molecular weight excluding hydrogens is 273 g/mol. The highest BCUT2D eigenvalue weighted by Crippen LogP contribution is 2.47. The number of nitrogens with one attached hydrogen (secondary N) is 1. The van der Waals surface area contributed by atoms with Gasteiger partial charge in [-0.3, -0.25) is 0 Å². The zero-order chi connectivity index (χ0) is 14.8. The summed E-state index contributed by atoms with van der Waals surface area (Å²) in [7, 11) is 0. The first-order valence-electron chi connectivity index (χ1n) is 7.56. The van der Waals surface area contributed by atoms with Gasteiger partial charge in [-0.25, -0.2) is 4.39 Å². The van der Waals surface area contributed by atoms with Gasteiger partial charge < -0.3 is 5.32 Å². The molecule has 2 rings (SSSR count). The monoisotopic (exact) mass is 297 g/mol. The van der Waals surface area contributed by atoms with E-state index in [9.17, 15) is 4.39 Å². The van der Waals surface area contributed by atoms with Gasteiger partial charge in [0.15, 0.2) is 0 Å². The normalized spacial score (nSPS) is 18.3. The van der Waals surface area contributed by atoms with Crippen molar-refractivity contribution in [3.63, 3.8) is 0 Å². The van der Waals surface area contributed by atoms with Crippen molar-refractivity contribution in [2.45, 2.75) is 40.0 Å². The van der Waals surface area contributed by atoms with Gasteiger partial charge in [0.1, 0.15) is 5.82 Å². The van der Waals surface area contributed by atoms with Crippen LogP contribution in [0.3, 0.4) is 0 Å². The zero-order valence-electron chi connectivity index (χ0n) is 12.7. The first-order chi connectivity index (χ1) is 9.42. The van der Waals surface area contributed by atoms with Crippen molar-refractivity contribution in [2.75, 3.05) is 13.1 Å². The lowest BCUT2D eigenvalue weighted by molar-refractivity contribution is 0.249. The number of rotatable bonds is 7. The maximum atomic E-state index is 14.0. The van der Waals surface area contributed by atoms with Gasteiger partial charge >= 0.3 is 0 Å². The third kappa shape index (κ3) is 3.95. The molecule has 20 heavy (non-hydrogen) atoms. The van der Waals surface area contributed by atoms with Crippen LogP contribution in [0.25, 0.3) is 0 Å². The minimum Gasteiger partial charge on any atom is -0.316 e. The van der Waals surface area contributed by atoms with Crippen molar-refractivity contribution in [3.8, 4) is 0 Å². The van der Waals surface area contributed by atoms with E-state index in [-0.39, 0.29) is 11.2 Å². The smallest absolute Gasteiger partial charge is 0.127 e. The summed E-state index contributed by atoms with van der Waals surface area (Å²) in [5.74, 6) is 1.15. The summed E-state index contributed by atoms with van der Waals surface area (Å²) in [6.45, 7) is 8.61. The van der Waals surface area contributed by atoms with Crippen LogP contribution >= 0.6 is 11.6 Å². The summed E-state index contributed by atoms with van der Waals surface area (Å²) in [5, 5.41) is 4.10. The van der Waals surface area contributed by atoms with E-state index in [0.717, 1.165) is 13.1 Å². The Hall–Kier alpha value is -0.600. The van der Waals surface area contributed by atoms with Gasteiger partial charge in [0, 0.05) is 17.1 Å². The molecule has 0 aliphatic heterocycles. The highest BCUT2D eigenvalue weighted by molar-refractivity contribution is 6.31. The number of benzene rings is 1. The minimum atomic E-state index is -0.173. The van der Waals surface area contributed by atoms with Gasteiger partial charge in [-0.2, -0.15) is 0 Å². The summed E-state index contributed by atoms with van der Waals surface area (Å²) < 4.78 is 14.0. The summed E-state index contributed by atoms with van der Waals surface area (Å²) >= 11 is 6.18. The fourth-order valence-electron chi connectivity index (χ4n) is 2.88. The first-order valence-corrected chi connectivity index (χ1v) is 7.94. The van der Waals surface area contributed by atoms with Crippen LogP contribution in [0.5, 0.6) is 0 Å². The summed E-state index contributed by atoms with van der Waals surface area (Å²) in [4.78, 5) is 0. The van der Waals surface area contributed by atoms with Crippen molar-refractivity contribution in [2.24, 2.45) is 17.3 Å². The largest absolute Gasteiger partial charge is 0.316 e. The average Bonchev–Trinajstić information content (AvgIpc) is 3.18. The molecule has 1 aromatic rings. The molecule has 0 saturated heterocycles. The Morgan fingerprint density at radius 1 is 1.40 bits per heavy atom. The van der Waals surface area contributed by atoms with E-state index >= 15 is 0 Å². The molecule has 0 radical (unpaired) electrons. The Balaban J connectivity index is 2.08. The highest BCUT2D eigenvalue weighted by Gasteiger charge is 2.41. The fourth-order valence-corrected chi connectivity index (χ4v) is 3.11. The molecule has 0 amide bonds. The second-order valence-corrected chi connectivity index (χ2v) is 7.24. The van der Waals surface area contributed by atoms with E-state index in [0.29, 0.717) is 28.8 Å². The molecule has 1 fully saturated rings. The van der Waals surface area contributed by atoms with E-state index in [4.69, 9.17) is 11.6 Å². The van der Waals surface area contributed by atoms with Crippen LogP contribution in [0.2, 0.25) is 5.02 Å². The molecule has 0 bridgehead atoms. The molecule has 1 aliphatic carbocycles. The van der Waals surface area contributed by atoms with Crippen LogP contribution in [0.15, 0.2) is 18.2 Å². The molecule has 1 atom stereocenters. The summed E-state index contributed by atoms with van der Waals surface area (Å²) in [6.07, 6.45) is 3.23. The standard InChI is InChI=1S/C17H25ClFN/c1-12(2)10-20-11-17(3,13-7-8-13)9-14-15(18)5-4-6-16(14)19/h4-6,12-13,20H,7-11H2,1-3H3. The lowest BCUT2D eigenvalue weighted by Crippen LogP contribution is -2.37. The lowest BCUT2D eigenvalue weighted by atomic mass is 9.78. The quantitative estimate of drug-likeness (QED) is 0.770. The van der Waals surface area contributed by atoms with Crippen LogP contribution < -0.4 is 5.32 Å². The second kappa shape index (κ2) is 6.44. The first kappa shape index (κ1) is 15.8. The molecule has 3 heteroatoms. The number of halogens is 2. The van der Waals surface area contributed by atoms with E-state index in [1.807, 2.05) is 0 Å². The van der Waals surface area contributed by atoms with Crippen molar-refractivity contribution < 1.29 is 4.39 Å². The topological polar surface area (TPSA) is 12.0 Å². The molecule has 0 spiro atoms. The molecular formula is C17H25ClFN. The maximum absolute atomic E-state index is 14.0. The molecule has 1 nitrogen and oxygen atoms in total. The number of hydrogen-bond acceptors (Lipinski definition) is 1. The van der Waals surface area contributed by atoms with Crippen LogP contribution in [0.4, 0.5) is 4.39 Å². The van der Waals surface area contributed by atoms with Gasteiger partial charge in [-0.05, 0) is 55.2 Å². The van der Waals surface area contributed by atoms with Crippen LogP contribution in [-0.4, -0.2) is 13.1 Å². The lowest BCUT2D eigenvalue weighted by Gasteiger charge is -2.31. The number of hydrogen-bond donors (Lipinski definition) is 1. The van der Waals surface area contributed by atoms with Crippen LogP contribution in [-0.2, 0) is 6.42 Å². The minimum absolute atomic E-state index is 0.0979. The van der Waals surface area contributed by atoms with Crippen molar-refractivity contribution >= 4 is 11.6 Å². The van der Waals surface area contributed by atoms with Crippen molar-refractivity contribution in [1.82, 2.24) is 5.32 Å². The molecule has 1 N–H and O–H groups in total. The molecule has 0 aromatic heterocycles. The molecule has 112 valence electrons. The SMILES string of the molecule is CC(C)CNCC(C)(Cc1c(F)cccc1Cl)C1CC1. The van der Waals surface area contributed by atoms with Crippen LogP contribution in [0.1, 0.15) is 39.2 Å². The highest BCUT2D eigenvalue weighted by atomic mass is 35.5. The second-order valence-electron chi connectivity index (χ2n) is 6.83. The Bertz CT molecular complexity index is 436. The molecule has 1 unspecified atom stereocenters. The molecule has 0 heterocycles. The Morgan fingerprint density at radius 2 is 2.10 bits per heavy atom. The van der Waals surface area contributed by atoms with Gasteiger partial charge in [0.25, 0.3) is 0 Å². The molecule has 1 aliphatic rings. The average molecular weight is 298 g/mol. The Labute approximate surface area is 126 Å². The van der Waals surface area contributed by atoms with E-state index in [1.165, 1.54) is 18.9 Å². The van der Waals surface area contributed by atoms with Crippen molar-refractivity contribution in [1.29, 1.82) is 0 Å². The van der Waals surface area contributed by atoms with Crippen LogP contribution in [0, 0.1) is 23.1 Å². The van der Waals surface area contributed by atoms with Gasteiger partial charge in [0.05, 0.1) is 0 Å². The summed E-state index contributed by atoms with van der Waals surface area (Å²) in [5.41, 5.74) is 0.774. The van der Waals surface area contributed by atoms with Gasteiger partial charge in [-0.1, -0.05) is 38.4 Å².